The molecule has 0 aliphatic heterocycles. The molecular weight excluding hydrogens is 222 g/mol. The summed E-state index contributed by atoms with van der Waals surface area (Å²) >= 11 is 4.71. The Hall–Kier alpha value is -2.08. The Balaban J connectivity index is 2.33. The second kappa shape index (κ2) is 4.63. The van der Waals surface area contributed by atoms with E-state index in [-0.39, 0.29) is 5.11 Å². The van der Waals surface area contributed by atoms with Crippen molar-refractivity contribution < 1.29 is 0 Å². The molecule has 0 bridgehead atoms. The van der Waals surface area contributed by atoms with E-state index in [1.807, 2.05) is 12.1 Å². The lowest BCUT2D eigenvalue weighted by Crippen LogP contribution is -2.20. The van der Waals surface area contributed by atoms with Crippen LogP contribution in [0, 0.1) is 0 Å². The summed E-state index contributed by atoms with van der Waals surface area (Å²) in [6.45, 7) is 0. The lowest BCUT2D eigenvalue weighted by Gasteiger charge is -2.04. The number of hydrogen-bond acceptors (Lipinski definition) is 4. The van der Waals surface area contributed by atoms with Crippen LogP contribution in [-0.4, -0.2) is 20.1 Å². The van der Waals surface area contributed by atoms with E-state index < -0.39 is 0 Å². The van der Waals surface area contributed by atoms with E-state index in [4.69, 9.17) is 18.0 Å². The number of aromatic nitrogens is 3. The first-order chi connectivity index (χ1) is 7.75. The third-order valence-corrected chi connectivity index (χ3v) is 1.95. The van der Waals surface area contributed by atoms with Gasteiger partial charge in [0.1, 0.15) is 0 Å². The molecule has 80 valence electrons. The Morgan fingerprint density at radius 1 is 1.31 bits per heavy atom. The second-order valence-corrected chi connectivity index (χ2v) is 3.44. The Labute approximate surface area is 97.8 Å². The van der Waals surface area contributed by atoms with Crippen LogP contribution in [-0.2, 0) is 0 Å². The number of hydrogen-bond donors (Lipinski definition) is 2. The zero-order chi connectivity index (χ0) is 11.4. The minimum absolute atomic E-state index is 0.142. The molecule has 0 spiro atoms. The number of anilines is 1. The molecule has 0 aliphatic rings. The van der Waals surface area contributed by atoms with Crippen molar-refractivity contribution in [1.82, 2.24) is 15.0 Å². The average molecular weight is 231 g/mol. The molecule has 2 aromatic heterocycles. The van der Waals surface area contributed by atoms with Crippen molar-refractivity contribution in [2.24, 2.45) is 5.73 Å². The SMILES string of the molecule is NC(=S)Nc1nccc(-c2cccnc2)n1. The van der Waals surface area contributed by atoms with Gasteiger partial charge in [0.25, 0.3) is 0 Å². The topological polar surface area (TPSA) is 76.7 Å². The molecule has 0 aliphatic carbocycles. The number of nitrogens with one attached hydrogen (secondary N) is 1. The number of nitrogens with zero attached hydrogens (tertiary/aromatic N) is 3. The Bertz CT molecular complexity index is 500. The minimum Gasteiger partial charge on any atom is -0.376 e. The molecule has 0 aromatic carbocycles. The molecule has 0 atom stereocenters. The molecule has 0 radical (unpaired) electrons. The zero-order valence-corrected chi connectivity index (χ0v) is 9.11. The highest BCUT2D eigenvalue weighted by Gasteiger charge is 2.01. The summed E-state index contributed by atoms with van der Waals surface area (Å²) in [5.74, 6) is 0.383. The molecule has 0 unspecified atom stereocenters. The summed E-state index contributed by atoms with van der Waals surface area (Å²) < 4.78 is 0. The van der Waals surface area contributed by atoms with Crippen LogP contribution in [0.2, 0.25) is 0 Å². The lowest BCUT2D eigenvalue weighted by atomic mass is 10.2. The summed E-state index contributed by atoms with van der Waals surface area (Å²) in [6.07, 6.45) is 5.07. The lowest BCUT2D eigenvalue weighted by molar-refractivity contribution is 1.17. The molecule has 2 aromatic rings. The highest BCUT2D eigenvalue weighted by molar-refractivity contribution is 7.80. The van der Waals surface area contributed by atoms with E-state index in [1.165, 1.54) is 0 Å². The quantitative estimate of drug-likeness (QED) is 0.756. The fourth-order valence-corrected chi connectivity index (χ4v) is 1.30. The molecule has 0 fully saturated rings. The molecule has 2 rings (SSSR count). The van der Waals surface area contributed by atoms with Crippen LogP contribution in [0.15, 0.2) is 36.8 Å². The van der Waals surface area contributed by atoms with Crippen LogP contribution in [0.5, 0.6) is 0 Å². The highest BCUT2D eigenvalue weighted by Crippen LogP contribution is 2.15. The first-order valence-electron chi connectivity index (χ1n) is 4.55. The maximum Gasteiger partial charge on any atom is 0.229 e. The van der Waals surface area contributed by atoms with Crippen molar-refractivity contribution >= 4 is 23.3 Å². The molecule has 16 heavy (non-hydrogen) atoms. The van der Waals surface area contributed by atoms with Crippen LogP contribution >= 0.6 is 12.2 Å². The van der Waals surface area contributed by atoms with Crippen LogP contribution in [0.1, 0.15) is 0 Å². The Morgan fingerprint density at radius 3 is 2.88 bits per heavy atom. The standard InChI is InChI=1S/C10H9N5S/c11-9(16)15-10-13-5-3-8(14-10)7-2-1-4-12-6-7/h1-6H,(H3,11,13,14,15,16). The van der Waals surface area contributed by atoms with Gasteiger partial charge in [0.05, 0.1) is 5.69 Å². The van der Waals surface area contributed by atoms with E-state index in [0.29, 0.717) is 5.95 Å². The van der Waals surface area contributed by atoms with Gasteiger partial charge >= 0.3 is 0 Å². The van der Waals surface area contributed by atoms with Crippen molar-refractivity contribution in [3.8, 4) is 11.3 Å². The van der Waals surface area contributed by atoms with Crippen molar-refractivity contribution in [3.63, 3.8) is 0 Å². The second-order valence-electron chi connectivity index (χ2n) is 3.00. The normalized spacial score (nSPS) is 9.75. The van der Waals surface area contributed by atoms with E-state index in [1.54, 1.807) is 24.7 Å². The maximum absolute atomic E-state index is 5.34. The van der Waals surface area contributed by atoms with E-state index in [9.17, 15) is 0 Å². The third-order valence-electron chi connectivity index (χ3n) is 1.85. The van der Waals surface area contributed by atoms with Crippen molar-refractivity contribution in [2.75, 3.05) is 5.32 Å². The van der Waals surface area contributed by atoms with E-state index >= 15 is 0 Å². The molecule has 5 nitrogen and oxygen atoms in total. The van der Waals surface area contributed by atoms with Crippen LogP contribution in [0.3, 0.4) is 0 Å². The van der Waals surface area contributed by atoms with Gasteiger partial charge in [0.2, 0.25) is 5.95 Å². The molecule has 2 heterocycles. The van der Waals surface area contributed by atoms with Gasteiger partial charge in [0, 0.05) is 24.2 Å². The number of thiocarbonyl (C=S) groups is 1. The van der Waals surface area contributed by atoms with Gasteiger partial charge in [0.15, 0.2) is 5.11 Å². The van der Waals surface area contributed by atoms with Crippen LogP contribution in [0.25, 0.3) is 11.3 Å². The first-order valence-corrected chi connectivity index (χ1v) is 4.96. The van der Waals surface area contributed by atoms with Gasteiger partial charge < -0.3 is 11.1 Å². The number of nitrogens with two attached hydrogens (primary N) is 1. The number of pyridine rings is 1. The summed E-state index contributed by atoms with van der Waals surface area (Å²) in [5, 5.41) is 2.82. The van der Waals surface area contributed by atoms with Crippen molar-refractivity contribution in [2.45, 2.75) is 0 Å². The summed E-state index contributed by atoms with van der Waals surface area (Å²) in [5.41, 5.74) is 7.02. The highest BCUT2D eigenvalue weighted by atomic mass is 32.1. The van der Waals surface area contributed by atoms with Gasteiger partial charge in [-0.15, -0.1) is 0 Å². The van der Waals surface area contributed by atoms with Gasteiger partial charge in [-0.1, -0.05) is 0 Å². The predicted molar refractivity (Wildman–Crippen MR) is 65.7 cm³/mol. The van der Waals surface area contributed by atoms with Gasteiger partial charge in [-0.2, -0.15) is 0 Å². The summed E-state index contributed by atoms with van der Waals surface area (Å²) in [6, 6.07) is 5.56. The molecular formula is C10H9N5S. The fraction of sp³-hybridized carbons (Fsp3) is 0. The predicted octanol–water partition coefficient (Wildman–Crippen LogP) is 1.19. The molecule has 3 N–H and O–H groups in total. The summed E-state index contributed by atoms with van der Waals surface area (Å²) in [4.78, 5) is 12.3. The zero-order valence-electron chi connectivity index (χ0n) is 8.29. The summed E-state index contributed by atoms with van der Waals surface area (Å²) in [7, 11) is 0. The van der Waals surface area contributed by atoms with Crippen molar-refractivity contribution in [1.29, 1.82) is 0 Å². The first kappa shape index (κ1) is 10.4. The molecule has 0 amide bonds. The largest absolute Gasteiger partial charge is 0.376 e. The Morgan fingerprint density at radius 2 is 2.19 bits per heavy atom. The van der Waals surface area contributed by atoms with Crippen LogP contribution < -0.4 is 11.1 Å². The maximum atomic E-state index is 5.34. The Kier molecular flexibility index (Phi) is 3.02. The van der Waals surface area contributed by atoms with E-state index in [0.717, 1.165) is 11.3 Å². The molecule has 6 heteroatoms. The number of rotatable bonds is 2. The fourth-order valence-electron chi connectivity index (χ4n) is 1.20. The smallest absolute Gasteiger partial charge is 0.229 e. The van der Waals surface area contributed by atoms with Gasteiger partial charge in [-0.3, -0.25) is 4.98 Å². The average Bonchev–Trinajstić information content (AvgIpc) is 2.30. The minimum atomic E-state index is 0.142. The van der Waals surface area contributed by atoms with Gasteiger partial charge in [-0.25, -0.2) is 9.97 Å². The van der Waals surface area contributed by atoms with E-state index in [2.05, 4.69) is 20.3 Å². The monoisotopic (exact) mass is 231 g/mol. The molecule has 0 saturated heterocycles. The molecule has 0 saturated carbocycles. The van der Waals surface area contributed by atoms with Crippen molar-refractivity contribution in [3.05, 3.63) is 36.8 Å². The third kappa shape index (κ3) is 2.48. The van der Waals surface area contributed by atoms with Gasteiger partial charge in [-0.05, 0) is 30.4 Å². The van der Waals surface area contributed by atoms with Crippen LogP contribution in [0.4, 0.5) is 5.95 Å².